The van der Waals surface area contributed by atoms with Gasteiger partial charge in [-0.1, -0.05) is 30.3 Å². The molecule has 1 aliphatic carbocycles. The molecule has 4 nitrogen and oxygen atoms in total. The van der Waals surface area contributed by atoms with E-state index in [2.05, 4.69) is 46.5 Å². The maximum Gasteiger partial charge on any atom is 0.226 e. The highest BCUT2D eigenvalue weighted by Crippen LogP contribution is 2.49. The van der Waals surface area contributed by atoms with E-state index in [1.54, 1.807) is 0 Å². The van der Waals surface area contributed by atoms with Crippen LogP contribution in [-0.2, 0) is 18.3 Å². The van der Waals surface area contributed by atoms with E-state index in [4.69, 9.17) is 0 Å². The molecule has 24 heavy (non-hydrogen) atoms. The lowest BCUT2D eigenvalue weighted by molar-refractivity contribution is -0.133. The van der Waals surface area contributed by atoms with Crippen LogP contribution in [-0.4, -0.2) is 33.2 Å². The summed E-state index contributed by atoms with van der Waals surface area (Å²) in [6.07, 6.45) is 9.40. The molecule has 1 aromatic heterocycles. The molecule has 0 spiro atoms. The van der Waals surface area contributed by atoms with Crippen molar-refractivity contribution in [3.05, 3.63) is 53.9 Å². The summed E-state index contributed by atoms with van der Waals surface area (Å²) < 4.78 is 1.83. The topological polar surface area (TPSA) is 38.1 Å². The summed E-state index contributed by atoms with van der Waals surface area (Å²) in [5, 5.41) is 4.24. The quantitative estimate of drug-likeness (QED) is 0.848. The Morgan fingerprint density at radius 3 is 2.88 bits per heavy atom. The molecule has 4 rings (SSSR count). The minimum absolute atomic E-state index is 0.187. The fourth-order valence-corrected chi connectivity index (χ4v) is 4.08. The van der Waals surface area contributed by atoms with E-state index in [0.29, 0.717) is 17.9 Å². The molecule has 2 aromatic rings. The van der Waals surface area contributed by atoms with Gasteiger partial charge in [0.05, 0.1) is 6.20 Å². The zero-order valence-electron chi connectivity index (χ0n) is 14.3. The summed E-state index contributed by atoms with van der Waals surface area (Å²) in [6.45, 7) is 0.939. The molecule has 1 aliphatic heterocycles. The number of carbonyl (C=O) groups is 1. The standard InChI is InChI=1S/C20H25N3O/c1-22-14-16(13-21-22)18-12-19(18)20(24)23-11-5-8-17(23)10-9-15-6-3-2-4-7-15/h2-4,6-7,13-14,17-19H,5,8-12H2,1H3/t17-,18+,19+/m1/s1. The first kappa shape index (κ1) is 15.4. The van der Waals surface area contributed by atoms with Crippen LogP contribution < -0.4 is 0 Å². The van der Waals surface area contributed by atoms with Gasteiger partial charge in [-0.15, -0.1) is 0 Å². The number of benzene rings is 1. The molecule has 3 atom stereocenters. The molecule has 2 heterocycles. The second-order valence-corrected chi connectivity index (χ2v) is 7.25. The Morgan fingerprint density at radius 1 is 1.29 bits per heavy atom. The average molecular weight is 323 g/mol. The lowest BCUT2D eigenvalue weighted by Gasteiger charge is -2.25. The maximum atomic E-state index is 12.9. The van der Waals surface area contributed by atoms with Crippen molar-refractivity contribution < 1.29 is 4.79 Å². The summed E-state index contributed by atoms with van der Waals surface area (Å²) in [5.41, 5.74) is 2.59. The maximum absolute atomic E-state index is 12.9. The molecule has 1 saturated heterocycles. The van der Waals surface area contributed by atoms with E-state index in [0.717, 1.165) is 38.6 Å². The van der Waals surface area contributed by atoms with Crippen molar-refractivity contribution in [3.8, 4) is 0 Å². The van der Waals surface area contributed by atoms with Crippen LogP contribution in [0.3, 0.4) is 0 Å². The largest absolute Gasteiger partial charge is 0.339 e. The van der Waals surface area contributed by atoms with Crippen LogP contribution in [0.4, 0.5) is 0 Å². The summed E-state index contributed by atoms with van der Waals surface area (Å²) in [7, 11) is 1.93. The van der Waals surface area contributed by atoms with Gasteiger partial charge in [-0.25, -0.2) is 0 Å². The van der Waals surface area contributed by atoms with Crippen molar-refractivity contribution in [1.82, 2.24) is 14.7 Å². The predicted molar refractivity (Wildman–Crippen MR) is 93.6 cm³/mol. The van der Waals surface area contributed by atoms with Gasteiger partial charge in [-0.3, -0.25) is 9.48 Å². The van der Waals surface area contributed by atoms with Crippen LogP contribution >= 0.6 is 0 Å². The van der Waals surface area contributed by atoms with Gasteiger partial charge in [0.2, 0.25) is 5.91 Å². The smallest absolute Gasteiger partial charge is 0.226 e. The van der Waals surface area contributed by atoms with Gasteiger partial charge in [0, 0.05) is 31.7 Å². The number of rotatable bonds is 5. The van der Waals surface area contributed by atoms with Crippen LogP contribution in [0.1, 0.15) is 42.7 Å². The highest BCUT2D eigenvalue weighted by Gasteiger charge is 2.47. The fraction of sp³-hybridized carbons (Fsp3) is 0.500. The number of carbonyl (C=O) groups excluding carboxylic acids is 1. The highest BCUT2D eigenvalue weighted by molar-refractivity contribution is 5.83. The molecule has 0 N–H and O–H groups in total. The van der Waals surface area contributed by atoms with Gasteiger partial charge in [-0.05, 0) is 49.1 Å². The summed E-state index contributed by atoms with van der Waals surface area (Å²) in [5.74, 6) is 0.951. The number of hydrogen-bond donors (Lipinski definition) is 0. The molecule has 1 saturated carbocycles. The van der Waals surface area contributed by atoms with Gasteiger partial charge in [0.1, 0.15) is 0 Å². The van der Waals surface area contributed by atoms with E-state index in [-0.39, 0.29) is 5.92 Å². The Hall–Kier alpha value is -2.10. The number of amides is 1. The third-order valence-electron chi connectivity index (χ3n) is 5.53. The molecular formula is C20H25N3O. The second-order valence-electron chi connectivity index (χ2n) is 7.25. The Morgan fingerprint density at radius 2 is 2.12 bits per heavy atom. The first-order valence-corrected chi connectivity index (χ1v) is 9.05. The van der Waals surface area contributed by atoms with Gasteiger partial charge in [0.25, 0.3) is 0 Å². The molecule has 0 unspecified atom stereocenters. The van der Waals surface area contributed by atoms with Crippen molar-refractivity contribution >= 4 is 5.91 Å². The zero-order chi connectivity index (χ0) is 16.5. The molecule has 1 amide bonds. The Balaban J connectivity index is 1.35. The lowest BCUT2D eigenvalue weighted by atomic mass is 10.0. The van der Waals surface area contributed by atoms with Crippen molar-refractivity contribution in [3.63, 3.8) is 0 Å². The van der Waals surface area contributed by atoms with Crippen LogP contribution in [0.5, 0.6) is 0 Å². The Bertz CT molecular complexity index is 709. The van der Waals surface area contributed by atoms with Crippen molar-refractivity contribution in [2.45, 2.75) is 44.1 Å². The summed E-state index contributed by atoms with van der Waals surface area (Å²) >= 11 is 0. The van der Waals surface area contributed by atoms with Crippen LogP contribution in [0.2, 0.25) is 0 Å². The minimum Gasteiger partial charge on any atom is -0.339 e. The molecule has 2 fully saturated rings. The third kappa shape index (κ3) is 3.10. The first-order chi connectivity index (χ1) is 11.7. The lowest BCUT2D eigenvalue weighted by Crippen LogP contribution is -2.37. The highest BCUT2D eigenvalue weighted by atomic mass is 16.2. The molecule has 0 bridgehead atoms. The van der Waals surface area contributed by atoms with E-state index in [1.165, 1.54) is 11.1 Å². The number of aromatic nitrogens is 2. The monoisotopic (exact) mass is 323 g/mol. The molecule has 126 valence electrons. The number of aryl methyl sites for hydroxylation is 2. The first-order valence-electron chi connectivity index (χ1n) is 9.05. The Labute approximate surface area is 143 Å². The molecule has 4 heteroatoms. The van der Waals surface area contributed by atoms with Gasteiger partial charge in [-0.2, -0.15) is 5.10 Å². The second kappa shape index (κ2) is 6.42. The number of likely N-dealkylation sites (tertiary alicyclic amines) is 1. The van der Waals surface area contributed by atoms with E-state index in [9.17, 15) is 4.79 Å². The molecule has 1 aromatic carbocycles. The van der Waals surface area contributed by atoms with Crippen LogP contribution in [0.25, 0.3) is 0 Å². The van der Waals surface area contributed by atoms with Crippen molar-refractivity contribution in [2.75, 3.05) is 6.54 Å². The molecule has 0 radical (unpaired) electrons. The van der Waals surface area contributed by atoms with Gasteiger partial charge >= 0.3 is 0 Å². The van der Waals surface area contributed by atoms with Crippen molar-refractivity contribution in [2.24, 2.45) is 13.0 Å². The average Bonchev–Trinajstić information content (AvgIpc) is 3.05. The predicted octanol–water partition coefficient (Wildman–Crippen LogP) is 3.15. The molecule has 2 aliphatic rings. The number of nitrogens with zero attached hydrogens (tertiary/aromatic N) is 3. The van der Waals surface area contributed by atoms with Crippen molar-refractivity contribution in [1.29, 1.82) is 0 Å². The minimum atomic E-state index is 0.187. The van der Waals surface area contributed by atoms with E-state index >= 15 is 0 Å². The summed E-state index contributed by atoms with van der Waals surface area (Å²) in [6, 6.07) is 11.0. The van der Waals surface area contributed by atoms with Gasteiger partial charge in [0.15, 0.2) is 0 Å². The van der Waals surface area contributed by atoms with Crippen LogP contribution in [0.15, 0.2) is 42.7 Å². The van der Waals surface area contributed by atoms with Gasteiger partial charge < -0.3 is 4.90 Å². The number of hydrogen-bond acceptors (Lipinski definition) is 2. The van der Waals surface area contributed by atoms with Crippen LogP contribution in [0, 0.1) is 5.92 Å². The summed E-state index contributed by atoms with van der Waals surface area (Å²) in [4.78, 5) is 15.1. The normalized spacial score (nSPS) is 25.9. The fourth-order valence-electron chi connectivity index (χ4n) is 4.08. The van der Waals surface area contributed by atoms with E-state index < -0.39 is 0 Å². The zero-order valence-corrected chi connectivity index (χ0v) is 14.3. The SMILES string of the molecule is Cn1cc([C@@H]2C[C@@H]2C(=O)N2CCC[C@@H]2CCc2ccccc2)cn1. The third-order valence-corrected chi connectivity index (χ3v) is 5.53. The van der Waals surface area contributed by atoms with E-state index in [1.807, 2.05) is 17.9 Å². The Kier molecular flexibility index (Phi) is 4.13. The molecular weight excluding hydrogens is 298 g/mol.